The van der Waals surface area contributed by atoms with Gasteiger partial charge in [0.25, 0.3) is 5.92 Å². The SMILES string of the molecule is N=C/C(N)=C(/Cl)NC1CC(N2CCOCC2)CCC1(F)F. The van der Waals surface area contributed by atoms with Crippen LogP contribution in [-0.2, 0) is 4.74 Å². The van der Waals surface area contributed by atoms with Crippen molar-refractivity contribution in [2.24, 2.45) is 5.73 Å². The molecule has 2 fully saturated rings. The number of hydrogen-bond donors (Lipinski definition) is 3. The Labute approximate surface area is 128 Å². The Bertz CT molecular complexity index is 413. The first kappa shape index (κ1) is 16.5. The second kappa shape index (κ2) is 6.89. The number of halogens is 3. The zero-order chi connectivity index (χ0) is 15.5. The van der Waals surface area contributed by atoms with E-state index in [0.29, 0.717) is 26.1 Å². The summed E-state index contributed by atoms with van der Waals surface area (Å²) >= 11 is 5.85. The van der Waals surface area contributed by atoms with Crippen LogP contribution in [0, 0.1) is 5.41 Å². The molecule has 1 saturated heterocycles. The molecule has 1 saturated carbocycles. The molecule has 120 valence electrons. The van der Waals surface area contributed by atoms with Crippen LogP contribution in [-0.4, -0.2) is 55.4 Å². The summed E-state index contributed by atoms with van der Waals surface area (Å²) in [5, 5.41) is 9.52. The third kappa shape index (κ3) is 4.05. The number of hydrogen-bond acceptors (Lipinski definition) is 5. The van der Waals surface area contributed by atoms with Gasteiger partial charge in [-0.3, -0.25) is 4.90 Å². The number of nitrogens with one attached hydrogen (secondary N) is 2. The highest BCUT2D eigenvalue weighted by Crippen LogP contribution is 2.36. The largest absolute Gasteiger partial charge is 0.395 e. The van der Waals surface area contributed by atoms with Crippen LogP contribution in [0.25, 0.3) is 0 Å². The summed E-state index contributed by atoms with van der Waals surface area (Å²) < 4.78 is 33.4. The topological polar surface area (TPSA) is 74.4 Å². The zero-order valence-corrected chi connectivity index (χ0v) is 12.5. The highest BCUT2D eigenvalue weighted by molar-refractivity contribution is 6.30. The Morgan fingerprint density at radius 1 is 1.43 bits per heavy atom. The van der Waals surface area contributed by atoms with Crippen molar-refractivity contribution >= 4 is 17.8 Å². The molecule has 2 aliphatic rings. The average Bonchev–Trinajstić information content (AvgIpc) is 2.49. The second-order valence-corrected chi connectivity index (χ2v) is 5.83. The summed E-state index contributed by atoms with van der Waals surface area (Å²) in [6.07, 6.45) is 1.43. The van der Waals surface area contributed by atoms with Crippen LogP contribution in [0.15, 0.2) is 10.9 Å². The molecule has 0 radical (unpaired) electrons. The molecule has 2 unspecified atom stereocenters. The molecule has 5 nitrogen and oxygen atoms in total. The van der Waals surface area contributed by atoms with Crippen LogP contribution in [0.3, 0.4) is 0 Å². The summed E-state index contributed by atoms with van der Waals surface area (Å²) in [5.74, 6) is -2.83. The van der Waals surface area contributed by atoms with E-state index in [1.807, 2.05) is 0 Å². The number of alkyl halides is 2. The Morgan fingerprint density at radius 3 is 2.71 bits per heavy atom. The zero-order valence-electron chi connectivity index (χ0n) is 11.7. The smallest absolute Gasteiger partial charge is 0.267 e. The van der Waals surface area contributed by atoms with E-state index in [0.717, 1.165) is 19.3 Å². The molecule has 0 amide bonds. The fourth-order valence-electron chi connectivity index (χ4n) is 2.83. The van der Waals surface area contributed by atoms with Crippen molar-refractivity contribution in [2.45, 2.75) is 37.3 Å². The average molecular weight is 323 g/mol. The van der Waals surface area contributed by atoms with Gasteiger partial charge >= 0.3 is 0 Å². The fourth-order valence-corrected chi connectivity index (χ4v) is 3.02. The molecule has 0 spiro atoms. The van der Waals surface area contributed by atoms with Gasteiger partial charge in [-0.15, -0.1) is 0 Å². The molecule has 1 heterocycles. The van der Waals surface area contributed by atoms with Crippen LogP contribution in [0.1, 0.15) is 19.3 Å². The first-order valence-electron chi connectivity index (χ1n) is 7.06. The third-order valence-electron chi connectivity index (χ3n) is 4.10. The Hall–Kier alpha value is -0.920. The molecule has 0 aromatic carbocycles. The normalized spacial score (nSPS) is 31.4. The molecule has 1 aliphatic heterocycles. The number of nitrogens with two attached hydrogens (primary N) is 1. The Kier molecular flexibility index (Phi) is 5.40. The molecular formula is C13H21ClF2N4O. The van der Waals surface area contributed by atoms with E-state index >= 15 is 0 Å². The van der Waals surface area contributed by atoms with Crippen molar-refractivity contribution in [3.8, 4) is 0 Å². The standard InChI is InChI=1S/C13H21ClF2N4O/c14-12(10(18)8-17)19-11-7-9(1-2-13(11,15)16)20-3-5-21-6-4-20/h8-9,11,17,19H,1-7,18H2/b12-10+,17-8?. The maximum Gasteiger partial charge on any atom is 0.267 e. The van der Waals surface area contributed by atoms with Gasteiger partial charge in [-0.1, -0.05) is 11.6 Å². The Balaban J connectivity index is 2.04. The van der Waals surface area contributed by atoms with E-state index in [1.165, 1.54) is 0 Å². The lowest BCUT2D eigenvalue weighted by Gasteiger charge is -2.42. The van der Waals surface area contributed by atoms with E-state index < -0.39 is 12.0 Å². The highest BCUT2D eigenvalue weighted by atomic mass is 35.5. The molecule has 2 rings (SSSR count). The van der Waals surface area contributed by atoms with Gasteiger partial charge in [0.05, 0.1) is 25.0 Å². The van der Waals surface area contributed by atoms with Crippen molar-refractivity contribution in [1.82, 2.24) is 10.2 Å². The predicted octanol–water partition coefficient (Wildman–Crippen LogP) is 1.48. The summed E-state index contributed by atoms with van der Waals surface area (Å²) in [4.78, 5) is 2.20. The lowest BCUT2D eigenvalue weighted by Crippen LogP contribution is -2.55. The molecular weight excluding hydrogens is 302 g/mol. The predicted molar refractivity (Wildman–Crippen MR) is 77.8 cm³/mol. The minimum Gasteiger partial charge on any atom is -0.395 e. The van der Waals surface area contributed by atoms with Gasteiger partial charge < -0.3 is 21.2 Å². The Morgan fingerprint density at radius 2 is 2.10 bits per heavy atom. The summed E-state index contributed by atoms with van der Waals surface area (Å²) in [5.41, 5.74) is 5.43. The lowest BCUT2D eigenvalue weighted by atomic mass is 9.86. The van der Waals surface area contributed by atoms with Gasteiger partial charge in [0, 0.05) is 31.8 Å². The molecule has 1 aliphatic carbocycles. The van der Waals surface area contributed by atoms with Crippen LogP contribution >= 0.6 is 11.6 Å². The van der Waals surface area contributed by atoms with Gasteiger partial charge in [0.1, 0.15) is 5.16 Å². The van der Waals surface area contributed by atoms with Crippen molar-refractivity contribution in [3.05, 3.63) is 10.9 Å². The van der Waals surface area contributed by atoms with Gasteiger partial charge in [-0.2, -0.15) is 0 Å². The summed E-state index contributed by atoms with van der Waals surface area (Å²) in [7, 11) is 0. The number of allylic oxidation sites excluding steroid dienone is 1. The number of rotatable bonds is 4. The number of morpholine rings is 1. The maximum atomic E-state index is 14.1. The van der Waals surface area contributed by atoms with Crippen molar-refractivity contribution in [3.63, 3.8) is 0 Å². The number of nitrogens with zero attached hydrogens (tertiary/aromatic N) is 1. The minimum absolute atomic E-state index is 0.0408. The molecule has 4 N–H and O–H groups in total. The van der Waals surface area contributed by atoms with Crippen molar-refractivity contribution in [2.75, 3.05) is 26.3 Å². The quantitative estimate of drug-likeness (QED) is 0.541. The van der Waals surface area contributed by atoms with E-state index in [-0.39, 0.29) is 23.3 Å². The van der Waals surface area contributed by atoms with Gasteiger partial charge in [-0.05, 0) is 12.8 Å². The maximum absolute atomic E-state index is 14.1. The molecule has 0 aromatic rings. The summed E-state index contributed by atoms with van der Waals surface area (Å²) in [6.45, 7) is 2.84. The van der Waals surface area contributed by atoms with Crippen LogP contribution in [0.5, 0.6) is 0 Å². The van der Waals surface area contributed by atoms with Gasteiger partial charge in [-0.25, -0.2) is 8.78 Å². The van der Waals surface area contributed by atoms with Crippen LogP contribution in [0.2, 0.25) is 0 Å². The van der Waals surface area contributed by atoms with E-state index in [9.17, 15) is 8.78 Å². The lowest BCUT2D eigenvalue weighted by molar-refractivity contribution is -0.0874. The summed E-state index contributed by atoms with van der Waals surface area (Å²) in [6, 6.07) is -0.971. The fraction of sp³-hybridized carbons (Fsp3) is 0.769. The highest BCUT2D eigenvalue weighted by Gasteiger charge is 2.46. The molecule has 0 bridgehead atoms. The number of ether oxygens (including phenoxy) is 1. The van der Waals surface area contributed by atoms with Crippen molar-refractivity contribution in [1.29, 1.82) is 5.41 Å². The molecule has 2 atom stereocenters. The molecule has 8 heteroatoms. The van der Waals surface area contributed by atoms with Gasteiger partial charge in [0.15, 0.2) is 0 Å². The monoisotopic (exact) mass is 322 g/mol. The first-order chi connectivity index (χ1) is 9.94. The van der Waals surface area contributed by atoms with E-state index in [4.69, 9.17) is 27.5 Å². The minimum atomic E-state index is -2.83. The van der Waals surface area contributed by atoms with Crippen molar-refractivity contribution < 1.29 is 13.5 Å². The second-order valence-electron chi connectivity index (χ2n) is 5.45. The van der Waals surface area contributed by atoms with Crippen LogP contribution < -0.4 is 11.1 Å². The first-order valence-corrected chi connectivity index (χ1v) is 7.43. The molecule has 21 heavy (non-hydrogen) atoms. The van der Waals surface area contributed by atoms with Gasteiger partial charge in [0.2, 0.25) is 0 Å². The van der Waals surface area contributed by atoms with E-state index in [2.05, 4.69) is 10.2 Å². The van der Waals surface area contributed by atoms with Crippen LogP contribution in [0.4, 0.5) is 8.78 Å². The van der Waals surface area contributed by atoms with E-state index in [1.54, 1.807) is 0 Å². The molecule has 0 aromatic heterocycles. The third-order valence-corrected chi connectivity index (χ3v) is 4.43.